The highest BCUT2D eigenvalue weighted by Crippen LogP contribution is 2.39. The topological polar surface area (TPSA) is 96.7 Å². The number of nitriles is 1. The molecule has 0 radical (unpaired) electrons. The minimum atomic E-state index is -0.802. The van der Waals surface area contributed by atoms with Gasteiger partial charge < -0.3 is 9.73 Å². The Bertz CT molecular complexity index is 1060. The summed E-state index contributed by atoms with van der Waals surface area (Å²) in [6, 6.07) is 13.9. The molecule has 3 aromatic rings. The Kier molecular flexibility index (Phi) is 5.16. The summed E-state index contributed by atoms with van der Waals surface area (Å²) in [5.41, 5.74) is 0.948. The lowest BCUT2D eigenvalue weighted by Crippen LogP contribution is -2.47. The third-order valence-electron chi connectivity index (χ3n) is 5.11. The molecule has 1 aromatic carbocycles. The SMILES string of the molecule is Cc1occc1-c1nnc(SCC(=O)NC(C)(C#N)C2CC2)n1-c1ccccc1. The number of amides is 1. The number of furan rings is 1. The number of para-hydroxylation sites is 1. The number of rotatable bonds is 7. The van der Waals surface area contributed by atoms with Crippen LogP contribution in [0.3, 0.4) is 0 Å². The van der Waals surface area contributed by atoms with Gasteiger partial charge in [-0.15, -0.1) is 10.2 Å². The Hall–Kier alpha value is -3.05. The summed E-state index contributed by atoms with van der Waals surface area (Å²) in [5, 5.41) is 21.6. The lowest BCUT2D eigenvalue weighted by Gasteiger charge is -2.22. The summed E-state index contributed by atoms with van der Waals surface area (Å²) in [5.74, 6) is 1.61. The monoisotopic (exact) mass is 407 g/mol. The van der Waals surface area contributed by atoms with Crippen LogP contribution in [-0.4, -0.2) is 32.0 Å². The van der Waals surface area contributed by atoms with E-state index >= 15 is 0 Å². The van der Waals surface area contributed by atoms with E-state index in [-0.39, 0.29) is 17.6 Å². The summed E-state index contributed by atoms with van der Waals surface area (Å²) in [6.07, 6.45) is 3.58. The summed E-state index contributed by atoms with van der Waals surface area (Å²) >= 11 is 1.29. The fourth-order valence-electron chi connectivity index (χ4n) is 3.30. The lowest BCUT2D eigenvalue weighted by atomic mass is 9.98. The smallest absolute Gasteiger partial charge is 0.231 e. The second-order valence-corrected chi connectivity index (χ2v) is 8.24. The van der Waals surface area contributed by atoms with Crippen LogP contribution in [0.4, 0.5) is 0 Å². The molecule has 2 aromatic heterocycles. The fraction of sp³-hybridized carbons (Fsp3) is 0.333. The van der Waals surface area contributed by atoms with Crippen LogP contribution >= 0.6 is 11.8 Å². The minimum Gasteiger partial charge on any atom is -0.469 e. The Balaban J connectivity index is 1.58. The van der Waals surface area contributed by atoms with Crippen LogP contribution in [0.5, 0.6) is 0 Å². The summed E-state index contributed by atoms with van der Waals surface area (Å²) < 4.78 is 7.35. The van der Waals surface area contributed by atoms with Gasteiger partial charge in [0.25, 0.3) is 0 Å². The molecule has 1 aliphatic carbocycles. The average Bonchev–Trinajstić information content (AvgIpc) is 3.39. The van der Waals surface area contributed by atoms with Gasteiger partial charge in [-0.05, 0) is 50.8 Å². The standard InChI is InChI=1S/C21H21N5O2S/c1-14-17(10-11-28-14)19-24-25-20(26(19)16-6-4-3-5-7-16)29-12-18(27)23-21(2,13-22)15-8-9-15/h3-7,10-11,15H,8-9,12H2,1-2H3,(H,23,27). The van der Waals surface area contributed by atoms with Crippen molar-refractivity contribution in [2.75, 3.05) is 5.75 Å². The van der Waals surface area contributed by atoms with E-state index in [9.17, 15) is 10.1 Å². The normalized spacial score (nSPS) is 15.5. The predicted molar refractivity (Wildman–Crippen MR) is 109 cm³/mol. The second kappa shape index (κ2) is 7.76. The molecule has 0 spiro atoms. The molecule has 0 bridgehead atoms. The number of hydrogen-bond donors (Lipinski definition) is 1. The Morgan fingerprint density at radius 2 is 2.10 bits per heavy atom. The number of benzene rings is 1. The molecule has 8 heteroatoms. The lowest BCUT2D eigenvalue weighted by molar-refractivity contribution is -0.119. The van der Waals surface area contributed by atoms with E-state index in [0.29, 0.717) is 11.0 Å². The van der Waals surface area contributed by atoms with Crippen LogP contribution in [0.1, 0.15) is 25.5 Å². The minimum absolute atomic E-state index is 0.152. The van der Waals surface area contributed by atoms with Crippen molar-refractivity contribution in [3.8, 4) is 23.1 Å². The van der Waals surface area contributed by atoms with Crippen molar-refractivity contribution in [3.05, 3.63) is 48.4 Å². The van der Waals surface area contributed by atoms with E-state index < -0.39 is 5.54 Å². The predicted octanol–water partition coefficient (Wildman–Crippen LogP) is 3.74. The summed E-state index contributed by atoms with van der Waals surface area (Å²) in [4.78, 5) is 12.5. The highest BCUT2D eigenvalue weighted by molar-refractivity contribution is 7.99. The van der Waals surface area contributed by atoms with Crippen molar-refractivity contribution in [1.82, 2.24) is 20.1 Å². The van der Waals surface area contributed by atoms with Crippen LogP contribution in [-0.2, 0) is 4.79 Å². The zero-order valence-corrected chi connectivity index (χ0v) is 17.1. The van der Waals surface area contributed by atoms with E-state index in [1.807, 2.05) is 47.9 Å². The first-order valence-corrected chi connectivity index (χ1v) is 10.4. The molecule has 0 saturated heterocycles. The van der Waals surface area contributed by atoms with Crippen LogP contribution in [0.25, 0.3) is 17.1 Å². The molecular formula is C21H21N5O2S. The van der Waals surface area contributed by atoms with Gasteiger partial charge in [0, 0.05) is 5.69 Å². The van der Waals surface area contributed by atoms with Crippen molar-refractivity contribution >= 4 is 17.7 Å². The number of nitrogens with zero attached hydrogens (tertiary/aromatic N) is 4. The van der Waals surface area contributed by atoms with Gasteiger partial charge in [-0.3, -0.25) is 9.36 Å². The highest BCUT2D eigenvalue weighted by atomic mass is 32.2. The molecule has 1 aliphatic rings. The fourth-order valence-corrected chi connectivity index (χ4v) is 4.05. The first-order valence-electron chi connectivity index (χ1n) is 9.42. The number of aryl methyl sites for hydroxylation is 1. The third-order valence-corrected chi connectivity index (χ3v) is 6.03. The van der Waals surface area contributed by atoms with Gasteiger partial charge >= 0.3 is 0 Å². The van der Waals surface area contributed by atoms with Crippen LogP contribution in [0.2, 0.25) is 0 Å². The van der Waals surface area contributed by atoms with Crippen LogP contribution in [0.15, 0.2) is 52.2 Å². The Morgan fingerprint density at radius 1 is 1.34 bits per heavy atom. The maximum absolute atomic E-state index is 12.5. The molecule has 4 rings (SSSR count). The Morgan fingerprint density at radius 3 is 2.72 bits per heavy atom. The van der Waals surface area contributed by atoms with Gasteiger partial charge in [0.1, 0.15) is 11.3 Å². The second-order valence-electron chi connectivity index (χ2n) is 7.29. The van der Waals surface area contributed by atoms with Gasteiger partial charge in [0.2, 0.25) is 5.91 Å². The first-order chi connectivity index (χ1) is 14.0. The number of nitrogens with one attached hydrogen (secondary N) is 1. The molecule has 1 N–H and O–H groups in total. The van der Waals surface area contributed by atoms with Crippen molar-refractivity contribution < 1.29 is 9.21 Å². The van der Waals surface area contributed by atoms with Gasteiger partial charge in [-0.1, -0.05) is 30.0 Å². The number of carbonyl (C=O) groups excluding carboxylic acids is 1. The van der Waals surface area contributed by atoms with Gasteiger partial charge in [-0.2, -0.15) is 5.26 Å². The third kappa shape index (κ3) is 3.91. The van der Waals surface area contributed by atoms with Gasteiger partial charge in [0.15, 0.2) is 11.0 Å². The zero-order chi connectivity index (χ0) is 20.4. The first kappa shape index (κ1) is 19.3. The van der Waals surface area contributed by atoms with E-state index in [2.05, 4.69) is 21.6 Å². The van der Waals surface area contributed by atoms with Crippen molar-refractivity contribution in [2.45, 2.75) is 37.4 Å². The van der Waals surface area contributed by atoms with Crippen LogP contribution in [0, 0.1) is 24.2 Å². The summed E-state index contributed by atoms with van der Waals surface area (Å²) in [6.45, 7) is 3.67. The van der Waals surface area contributed by atoms with E-state index in [4.69, 9.17) is 4.42 Å². The number of carbonyl (C=O) groups is 1. The number of aromatic nitrogens is 3. The summed E-state index contributed by atoms with van der Waals surface area (Å²) in [7, 11) is 0. The van der Waals surface area contributed by atoms with E-state index in [0.717, 1.165) is 29.9 Å². The van der Waals surface area contributed by atoms with E-state index in [1.165, 1.54) is 11.8 Å². The van der Waals surface area contributed by atoms with Crippen LogP contribution < -0.4 is 5.32 Å². The number of hydrogen-bond acceptors (Lipinski definition) is 6. The van der Waals surface area contributed by atoms with Crippen molar-refractivity contribution in [3.63, 3.8) is 0 Å². The molecule has 1 unspecified atom stereocenters. The van der Waals surface area contributed by atoms with Crippen molar-refractivity contribution in [2.24, 2.45) is 5.92 Å². The molecule has 1 atom stereocenters. The molecular weight excluding hydrogens is 386 g/mol. The molecule has 2 heterocycles. The van der Waals surface area contributed by atoms with E-state index in [1.54, 1.807) is 13.2 Å². The van der Waals surface area contributed by atoms with Crippen molar-refractivity contribution in [1.29, 1.82) is 5.26 Å². The maximum atomic E-state index is 12.5. The largest absolute Gasteiger partial charge is 0.469 e. The highest BCUT2D eigenvalue weighted by Gasteiger charge is 2.43. The van der Waals surface area contributed by atoms with Gasteiger partial charge in [-0.25, -0.2) is 0 Å². The Labute approximate surface area is 173 Å². The quantitative estimate of drug-likeness (QED) is 0.599. The molecule has 1 amide bonds. The average molecular weight is 407 g/mol. The molecule has 29 heavy (non-hydrogen) atoms. The molecule has 148 valence electrons. The molecule has 1 fully saturated rings. The number of thioether (sulfide) groups is 1. The molecule has 1 saturated carbocycles. The molecule has 7 nitrogen and oxygen atoms in total. The molecule has 0 aliphatic heterocycles. The zero-order valence-electron chi connectivity index (χ0n) is 16.3. The maximum Gasteiger partial charge on any atom is 0.231 e. The van der Waals surface area contributed by atoms with Gasteiger partial charge in [0.05, 0.1) is 23.6 Å².